The van der Waals surface area contributed by atoms with Crippen LogP contribution in [0.4, 0.5) is 11.4 Å². The van der Waals surface area contributed by atoms with E-state index in [0.29, 0.717) is 6.54 Å². The predicted octanol–water partition coefficient (Wildman–Crippen LogP) is 4.31. The maximum Gasteiger partial charge on any atom is 0.0645 e. The van der Waals surface area contributed by atoms with E-state index in [-0.39, 0.29) is 0 Å². The van der Waals surface area contributed by atoms with Crippen molar-refractivity contribution in [3.63, 3.8) is 0 Å². The number of halogens is 1. The maximum atomic E-state index is 6.45. The van der Waals surface area contributed by atoms with Crippen LogP contribution < -0.4 is 10.6 Å². The molecule has 3 heteroatoms. The van der Waals surface area contributed by atoms with Gasteiger partial charge in [0, 0.05) is 12.2 Å². The van der Waals surface area contributed by atoms with Crippen LogP contribution in [0.1, 0.15) is 18.1 Å². The second-order valence-electron chi connectivity index (χ2n) is 4.91. The van der Waals surface area contributed by atoms with Gasteiger partial charge in [0.25, 0.3) is 0 Å². The Bertz CT molecular complexity index is 581. The van der Waals surface area contributed by atoms with Crippen molar-refractivity contribution in [1.29, 1.82) is 0 Å². The number of hydrogen-bond acceptors (Lipinski definition) is 2. The molecule has 2 aromatic carbocycles. The van der Waals surface area contributed by atoms with E-state index >= 15 is 0 Å². The first kappa shape index (κ1) is 14.9. The average molecular weight is 289 g/mol. The highest BCUT2D eigenvalue weighted by atomic mass is 35.5. The average Bonchev–Trinajstić information content (AvgIpc) is 2.42. The molecule has 0 fully saturated rings. The first-order valence-corrected chi connectivity index (χ1v) is 7.36. The van der Waals surface area contributed by atoms with E-state index in [9.17, 15) is 0 Å². The van der Waals surface area contributed by atoms with Crippen LogP contribution in [0.15, 0.2) is 42.5 Å². The summed E-state index contributed by atoms with van der Waals surface area (Å²) in [4.78, 5) is 2.22. The summed E-state index contributed by atoms with van der Waals surface area (Å²) in [5.41, 5.74) is 10.2. The van der Waals surface area contributed by atoms with E-state index in [2.05, 4.69) is 55.1 Å². The Morgan fingerprint density at radius 1 is 1.15 bits per heavy atom. The Hall–Kier alpha value is -1.51. The fourth-order valence-electron chi connectivity index (χ4n) is 2.38. The molecule has 0 bridgehead atoms. The van der Waals surface area contributed by atoms with Crippen LogP contribution in [0.2, 0.25) is 5.02 Å². The lowest BCUT2D eigenvalue weighted by Crippen LogP contribution is -2.16. The normalized spacial score (nSPS) is 10.6. The zero-order valence-electron chi connectivity index (χ0n) is 12.1. The third-order valence-electron chi connectivity index (χ3n) is 3.37. The third-order valence-corrected chi connectivity index (χ3v) is 3.67. The fourth-order valence-corrected chi connectivity index (χ4v) is 2.68. The summed E-state index contributed by atoms with van der Waals surface area (Å²) in [6.07, 6.45) is 0.858. The number of nitrogens with two attached hydrogens (primary N) is 1. The standard InChI is InChI=1S/C17H21ClN2/c1-3-20(15-6-4-5-13(2)11-15)17-8-7-14(9-10-19)12-16(17)18/h4-8,11-12H,3,9-10,19H2,1-2H3. The van der Waals surface area contributed by atoms with E-state index < -0.39 is 0 Å². The molecule has 0 saturated carbocycles. The van der Waals surface area contributed by atoms with E-state index in [4.69, 9.17) is 17.3 Å². The summed E-state index contributed by atoms with van der Waals surface area (Å²) in [5.74, 6) is 0. The first-order valence-electron chi connectivity index (χ1n) is 6.98. The molecule has 106 valence electrons. The summed E-state index contributed by atoms with van der Waals surface area (Å²) >= 11 is 6.45. The highest BCUT2D eigenvalue weighted by molar-refractivity contribution is 6.33. The summed E-state index contributed by atoms with van der Waals surface area (Å²) in [6.45, 7) is 5.75. The van der Waals surface area contributed by atoms with Crippen molar-refractivity contribution in [3.8, 4) is 0 Å². The molecule has 0 aliphatic carbocycles. The molecule has 2 rings (SSSR count). The van der Waals surface area contributed by atoms with Crippen molar-refractivity contribution in [2.24, 2.45) is 5.73 Å². The molecule has 0 saturated heterocycles. The topological polar surface area (TPSA) is 29.3 Å². The van der Waals surface area contributed by atoms with Crippen LogP contribution in [0.25, 0.3) is 0 Å². The molecule has 0 aromatic heterocycles. The molecule has 0 radical (unpaired) electrons. The van der Waals surface area contributed by atoms with Crippen molar-refractivity contribution in [2.75, 3.05) is 18.0 Å². The largest absolute Gasteiger partial charge is 0.341 e. The number of rotatable bonds is 5. The van der Waals surface area contributed by atoms with Crippen LogP contribution in [0.5, 0.6) is 0 Å². The molecule has 0 aliphatic heterocycles. The van der Waals surface area contributed by atoms with Gasteiger partial charge in [-0.25, -0.2) is 0 Å². The van der Waals surface area contributed by atoms with Crippen LogP contribution >= 0.6 is 11.6 Å². The van der Waals surface area contributed by atoms with Gasteiger partial charge in [0.15, 0.2) is 0 Å². The van der Waals surface area contributed by atoms with Gasteiger partial charge in [-0.05, 0) is 62.2 Å². The number of aryl methyl sites for hydroxylation is 1. The predicted molar refractivity (Wildman–Crippen MR) is 88.1 cm³/mol. The summed E-state index contributed by atoms with van der Waals surface area (Å²) < 4.78 is 0. The number of nitrogens with zero attached hydrogens (tertiary/aromatic N) is 1. The molecule has 0 atom stereocenters. The van der Waals surface area contributed by atoms with Crippen molar-refractivity contribution < 1.29 is 0 Å². The second kappa shape index (κ2) is 6.78. The van der Waals surface area contributed by atoms with Crippen molar-refractivity contribution in [3.05, 3.63) is 58.6 Å². The van der Waals surface area contributed by atoms with Gasteiger partial charge in [0.2, 0.25) is 0 Å². The molecule has 2 N–H and O–H groups in total. The quantitative estimate of drug-likeness (QED) is 0.888. The van der Waals surface area contributed by atoms with E-state index in [0.717, 1.165) is 23.7 Å². The Balaban J connectivity index is 2.37. The highest BCUT2D eigenvalue weighted by Gasteiger charge is 2.11. The van der Waals surface area contributed by atoms with Gasteiger partial charge in [-0.3, -0.25) is 0 Å². The van der Waals surface area contributed by atoms with Gasteiger partial charge in [-0.1, -0.05) is 29.8 Å². The molecule has 0 amide bonds. The highest BCUT2D eigenvalue weighted by Crippen LogP contribution is 2.32. The molecular formula is C17H21ClN2. The summed E-state index contributed by atoms with van der Waals surface area (Å²) in [6, 6.07) is 14.7. The van der Waals surface area contributed by atoms with Crippen molar-refractivity contribution >= 4 is 23.0 Å². The monoisotopic (exact) mass is 288 g/mol. The summed E-state index contributed by atoms with van der Waals surface area (Å²) in [7, 11) is 0. The van der Waals surface area contributed by atoms with Crippen LogP contribution in [-0.4, -0.2) is 13.1 Å². The molecule has 0 unspecified atom stereocenters. The van der Waals surface area contributed by atoms with Gasteiger partial charge in [0.1, 0.15) is 0 Å². The van der Waals surface area contributed by atoms with Crippen molar-refractivity contribution in [2.45, 2.75) is 20.3 Å². The number of hydrogen-bond donors (Lipinski definition) is 1. The Kier molecular flexibility index (Phi) is 5.05. The number of benzene rings is 2. The van der Waals surface area contributed by atoms with Crippen LogP contribution in [0.3, 0.4) is 0 Å². The lowest BCUT2D eigenvalue weighted by Gasteiger charge is -2.25. The minimum Gasteiger partial charge on any atom is -0.341 e. The fraction of sp³-hybridized carbons (Fsp3) is 0.294. The molecule has 0 spiro atoms. The zero-order chi connectivity index (χ0) is 14.5. The molecule has 2 aromatic rings. The van der Waals surface area contributed by atoms with Gasteiger partial charge in [-0.15, -0.1) is 0 Å². The van der Waals surface area contributed by atoms with Gasteiger partial charge >= 0.3 is 0 Å². The van der Waals surface area contributed by atoms with Gasteiger partial charge < -0.3 is 10.6 Å². The SMILES string of the molecule is CCN(c1cccc(C)c1)c1ccc(CCN)cc1Cl. The molecule has 0 aliphatic rings. The summed E-state index contributed by atoms with van der Waals surface area (Å²) in [5, 5.41) is 0.777. The van der Waals surface area contributed by atoms with Gasteiger partial charge in [-0.2, -0.15) is 0 Å². The van der Waals surface area contributed by atoms with Crippen LogP contribution in [-0.2, 0) is 6.42 Å². The number of anilines is 2. The van der Waals surface area contributed by atoms with E-state index in [1.54, 1.807) is 0 Å². The van der Waals surface area contributed by atoms with Crippen LogP contribution in [0, 0.1) is 6.92 Å². The second-order valence-corrected chi connectivity index (χ2v) is 5.31. The minimum absolute atomic E-state index is 0.644. The van der Waals surface area contributed by atoms with Gasteiger partial charge in [0.05, 0.1) is 10.7 Å². The van der Waals surface area contributed by atoms with E-state index in [1.165, 1.54) is 16.8 Å². The molecule has 0 heterocycles. The maximum absolute atomic E-state index is 6.45. The van der Waals surface area contributed by atoms with Crippen molar-refractivity contribution in [1.82, 2.24) is 0 Å². The Morgan fingerprint density at radius 3 is 2.55 bits per heavy atom. The third kappa shape index (κ3) is 3.33. The first-order chi connectivity index (χ1) is 9.65. The molecule has 20 heavy (non-hydrogen) atoms. The molecule has 2 nitrogen and oxygen atoms in total. The zero-order valence-corrected chi connectivity index (χ0v) is 12.8. The Morgan fingerprint density at radius 2 is 1.95 bits per heavy atom. The minimum atomic E-state index is 0.644. The lowest BCUT2D eigenvalue weighted by molar-refractivity contribution is 0.965. The Labute approximate surface area is 126 Å². The van der Waals surface area contributed by atoms with E-state index in [1.807, 2.05) is 6.07 Å². The smallest absolute Gasteiger partial charge is 0.0645 e. The lowest BCUT2D eigenvalue weighted by atomic mass is 10.1. The molecular weight excluding hydrogens is 268 g/mol.